The highest BCUT2D eigenvalue weighted by atomic mass is 19.1. The van der Waals surface area contributed by atoms with Gasteiger partial charge in [0, 0.05) is 54.9 Å². The Morgan fingerprint density at radius 2 is 1.64 bits per heavy atom. The maximum Gasteiger partial charge on any atom is 0.256 e. The van der Waals surface area contributed by atoms with Crippen LogP contribution in [0.5, 0.6) is 0 Å². The third kappa shape index (κ3) is 5.03. The van der Waals surface area contributed by atoms with Crippen molar-refractivity contribution < 1.29 is 9.18 Å². The zero-order chi connectivity index (χ0) is 26.9. The average Bonchev–Trinajstić information content (AvgIpc) is 3.38. The SMILES string of the molecule is Cc1cccc(-c2nc3nc(C)cc(Nc4ccc(N5CCN(C(=O)c6ccccc6F)CC5)cc4)n3n2)c1. The van der Waals surface area contributed by atoms with Crippen LogP contribution in [0.3, 0.4) is 0 Å². The van der Waals surface area contributed by atoms with E-state index in [0.29, 0.717) is 37.8 Å². The fourth-order valence-electron chi connectivity index (χ4n) is 4.86. The van der Waals surface area contributed by atoms with E-state index in [4.69, 9.17) is 5.10 Å². The Morgan fingerprint density at radius 1 is 0.872 bits per heavy atom. The van der Waals surface area contributed by atoms with Crippen LogP contribution in [0.15, 0.2) is 78.9 Å². The Labute approximate surface area is 225 Å². The Hall–Kier alpha value is -4.79. The average molecular weight is 522 g/mol. The second-order valence-corrected chi connectivity index (χ2v) is 9.73. The van der Waals surface area contributed by atoms with Crippen molar-refractivity contribution in [2.24, 2.45) is 0 Å². The predicted molar refractivity (Wildman–Crippen MR) is 150 cm³/mol. The first-order chi connectivity index (χ1) is 18.9. The summed E-state index contributed by atoms with van der Waals surface area (Å²) < 4.78 is 15.8. The number of anilines is 3. The van der Waals surface area contributed by atoms with Gasteiger partial charge in [0.1, 0.15) is 11.6 Å². The normalized spacial score (nSPS) is 13.6. The van der Waals surface area contributed by atoms with Crippen molar-refractivity contribution in [2.45, 2.75) is 13.8 Å². The molecule has 2 aromatic heterocycles. The summed E-state index contributed by atoms with van der Waals surface area (Å²) in [6, 6.07) is 24.3. The molecule has 0 unspecified atom stereocenters. The smallest absolute Gasteiger partial charge is 0.256 e. The predicted octanol–water partition coefficient (Wildman–Crippen LogP) is 5.25. The van der Waals surface area contributed by atoms with Crippen LogP contribution in [-0.4, -0.2) is 56.6 Å². The summed E-state index contributed by atoms with van der Waals surface area (Å²) >= 11 is 0. The van der Waals surface area contributed by atoms with Crippen molar-refractivity contribution in [1.82, 2.24) is 24.5 Å². The van der Waals surface area contributed by atoms with Crippen LogP contribution in [0.2, 0.25) is 0 Å². The molecule has 8 nitrogen and oxygen atoms in total. The molecule has 1 aliphatic rings. The van der Waals surface area contributed by atoms with Crippen molar-refractivity contribution in [1.29, 1.82) is 0 Å². The van der Waals surface area contributed by atoms with Gasteiger partial charge in [-0.25, -0.2) is 9.37 Å². The maximum absolute atomic E-state index is 14.1. The molecule has 3 heterocycles. The van der Waals surface area contributed by atoms with Gasteiger partial charge in [0.15, 0.2) is 5.82 Å². The van der Waals surface area contributed by atoms with Gasteiger partial charge in [0.25, 0.3) is 11.7 Å². The topological polar surface area (TPSA) is 78.7 Å². The number of hydrogen-bond acceptors (Lipinski definition) is 6. The van der Waals surface area contributed by atoms with E-state index >= 15 is 0 Å². The van der Waals surface area contributed by atoms with Gasteiger partial charge in [-0.2, -0.15) is 9.50 Å². The molecule has 39 heavy (non-hydrogen) atoms. The number of benzene rings is 3. The number of nitrogens with zero attached hydrogens (tertiary/aromatic N) is 6. The van der Waals surface area contributed by atoms with Crippen molar-refractivity contribution in [3.8, 4) is 11.4 Å². The van der Waals surface area contributed by atoms with Crippen LogP contribution < -0.4 is 10.2 Å². The van der Waals surface area contributed by atoms with Gasteiger partial charge in [-0.3, -0.25) is 4.79 Å². The van der Waals surface area contributed by atoms with Crippen LogP contribution in [-0.2, 0) is 0 Å². The van der Waals surface area contributed by atoms with E-state index in [-0.39, 0.29) is 11.5 Å². The Bertz CT molecular complexity index is 1660. The quantitative estimate of drug-likeness (QED) is 0.340. The molecule has 0 spiro atoms. The van der Waals surface area contributed by atoms with Gasteiger partial charge in [-0.05, 0) is 56.3 Å². The number of carbonyl (C=O) groups is 1. The first-order valence-corrected chi connectivity index (χ1v) is 12.9. The fourth-order valence-corrected chi connectivity index (χ4v) is 4.86. The van der Waals surface area contributed by atoms with E-state index in [1.807, 2.05) is 50.2 Å². The molecular weight excluding hydrogens is 493 g/mol. The Balaban J connectivity index is 1.15. The number of piperazine rings is 1. The summed E-state index contributed by atoms with van der Waals surface area (Å²) in [6.07, 6.45) is 0. The first kappa shape index (κ1) is 24.5. The maximum atomic E-state index is 14.1. The van der Waals surface area contributed by atoms with Crippen LogP contribution in [0.1, 0.15) is 21.6 Å². The summed E-state index contributed by atoms with van der Waals surface area (Å²) in [5.41, 5.74) is 5.03. The second-order valence-electron chi connectivity index (χ2n) is 9.73. The number of halogens is 1. The molecule has 0 saturated carbocycles. The molecule has 1 amide bonds. The fraction of sp³-hybridized carbons (Fsp3) is 0.200. The molecule has 9 heteroatoms. The van der Waals surface area contributed by atoms with E-state index in [9.17, 15) is 9.18 Å². The standard InChI is InChI=1S/C30H28FN7O/c1-20-6-5-7-22(18-20)28-34-30-32-21(2)19-27(38(30)35-28)33-23-10-12-24(13-11-23)36-14-16-37(17-15-36)29(39)25-8-3-4-9-26(25)31/h3-13,18-19,33H,14-17H2,1-2H3. The van der Waals surface area contributed by atoms with Gasteiger partial charge >= 0.3 is 0 Å². The first-order valence-electron chi connectivity index (χ1n) is 12.9. The van der Waals surface area contributed by atoms with Crippen molar-refractivity contribution in [3.05, 3.63) is 102 Å². The lowest BCUT2D eigenvalue weighted by Crippen LogP contribution is -2.49. The van der Waals surface area contributed by atoms with Crippen molar-refractivity contribution in [3.63, 3.8) is 0 Å². The molecule has 0 radical (unpaired) electrons. The minimum absolute atomic E-state index is 0.125. The van der Waals surface area contributed by atoms with Crippen LogP contribution in [0.25, 0.3) is 17.2 Å². The number of aryl methyl sites for hydroxylation is 2. The van der Waals surface area contributed by atoms with Gasteiger partial charge in [0.05, 0.1) is 5.56 Å². The summed E-state index contributed by atoms with van der Waals surface area (Å²) in [4.78, 5) is 25.9. The van der Waals surface area contributed by atoms with Gasteiger partial charge in [-0.15, -0.1) is 5.10 Å². The third-order valence-corrected chi connectivity index (χ3v) is 6.89. The zero-order valence-corrected chi connectivity index (χ0v) is 21.8. The molecule has 1 saturated heterocycles. The summed E-state index contributed by atoms with van der Waals surface area (Å²) in [5.74, 6) is 1.20. The Morgan fingerprint density at radius 3 is 2.38 bits per heavy atom. The monoisotopic (exact) mass is 521 g/mol. The molecule has 6 rings (SSSR count). The van der Waals surface area contributed by atoms with Gasteiger partial charge < -0.3 is 15.1 Å². The van der Waals surface area contributed by atoms with E-state index in [1.165, 1.54) is 12.1 Å². The molecule has 1 fully saturated rings. The number of rotatable bonds is 5. The Kier molecular flexibility index (Phi) is 6.40. The van der Waals surface area contributed by atoms with E-state index in [2.05, 4.69) is 38.4 Å². The minimum Gasteiger partial charge on any atom is -0.368 e. The molecule has 196 valence electrons. The van der Waals surface area contributed by atoms with Gasteiger partial charge in [-0.1, -0.05) is 35.9 Å². The lowest BCUT2D eigenvalue weighted by atomic mass is 10.1. The van der Waals surface area contributed by atoms with E-state index < -0.39 is 5.82 Å². The lowest BCUT2D eigenvalue weighted by Gasteiger charge is -2.36. The number of aromatic nitrogens is 4. The van der Waals surface area contributed by atoms with Crippen molar-refractivity contribution >= 4 is 28.9 Å². The lowest BCUT2D eigenvalue weighted by molar-refractivity contribution is 0.0742. The summed E-state index contributed by atoms with van der Waals surface area (Å²) in [6.45, 7) is 6.42. The number of hydrogen-bond donors (Lipinski definition) is 1. The largest absolute Gasteiger partial charge is 0.368 e. The number of nitrogens with one attached hydrogen (secondary N) is 1. The zero-order valence-electron chi connectivity index (χ0n) is 21.8. The van der Waals surface area contributed by atoms with Crippen LogP contribution >= 0.6 is 0 Å². The molecule has 5 aromatic rings. The summed E-state index contributed by atoms with van der Waals surface area (Å²) in [5, 5.41) is 8.17. The molecular formula is C30H28FN7O. The van der Waals surface area contributed by atoms with Crippen molar-refractivity contribution in [2.75, 3.05) is 36.4 Å². The molecule has 0 bridgehead atoms. The van der Waals surface area contributed by atoms with E-state index in [1.54, 1.807) is 21.5 Å². The van der Waals surface area contributed by atoms with Gasteiger partial charge in [0.2, 0.25) is 0 Å². The molecule has 0 aliphatic carbocycles. The number of fused-ring (bicyclic) bond motifs is 1. The number of amides is 1. The summed E-state index contributed by atoms with van der Waals surface area (Å²) in [7, 11) is 0. The molecule has 3 aromatic carbocycles. The third-order valence-electron chi connectivity index (χ3n) is 6.89. The highest BCUT2D eigenvalue weighted by Crippen LogP contribution is 2.25. The van der Waals surface area contributed by atoms with Crippen LogP contribution in [0.4, 0.5) is 21.6 Å². The number of carbonyl (C=O) groups excluding carboxylic acids is 1. The second kappa shape index (κ2) is 10.2. The molecule has 1 N–H and O–H groups in total. The molecule has 0 atom stereocenters. The minimum atomic E-state index is -0.480. The van der Waals surface area contributed by atoms with Crippen LogP contribution in [0, 0.1) is 19.7 Å². The molecule has 1 aliphatic heterocycles. The highest BCUT2D eigenvalue weighted by molar-refractivity contribution is 5.94. The van der Waals surface area contributed by atoms with E-state index in [0.717, 1.165) is 34.0 Å². The highest BCUT2D eigenvalue weighted by Gasteiger charge is 2.24.